The van der Waals surface area contributed by atoms with Crippen LogP contribution in [0.5, 0.6) is 0 Å². The summed E-state index contributed by atoms with van der Waals surface area (Å²) in [6.45, 7) is 1.49. The maximum Gasteiger partial charge on any atom is 0.248 e. The molecule has 0 aliphatic carbocycles. The third-order valence-electron chi connectivity index (χ3n) is 2.38. The lowest BCUT2D eigenvalue weighted by Crippen LogP contribution is -2.18. The first-order chi connectivity index (χ1) is 7.06. The number of hydrogen-bond acceptors (Lipinski definition) is 3. The number of nitrogens with two attached hydrogens (primary N) is 1. The van der Waals surface area contributed by atoms with Gasteiger partial charge in [0.1, 0.15) is 0 Å². The van der Waals surface area contributed by atoms with Crippen molar-refractivity contribution in [2.45, 2.75) is 19.4 Å². The summed E-state index contributed by atoms with van der Waals surface area (Å²) >= 11 is 0. The molecule has 0 aliphatic heterocycles. The molecule has 0 radical (unpaired) electrons. The van der Waals surface area contributed by atoms with Crippen LogP contribution in [0.4, 0.5) is 0 Å². The summed E-state index contributed by atoms with van der Waals surface area (Å²) in [6.07, 6.45) is -0.476. The minimum Gasteiger partial charge on any atom is -0.394 e. The minimum absolute atomic E-state index is 0.291. The van der Waals surface area contributed by atoms with Crippen LogP contribution < -0.4 is 5.73 Å². The lowest BCUT2D eigenvalue weighted by atomic mass is 9.98. The van der Waals surface area contributed by atoms with E-state index < -0.39 is 12.0 Å². The van der Waals surface area contributed by atoms with Gasteiger partial charge in [0.15, 0.2) is 0 Å². The van der Waals surface area contributed by atoms with Crippen molar-refractivity contribution in [2.24, 2.45) is 5.73 Å². The molecule has 0 bridgehead atoms. The van der Waals surface area contributed by atoms with Crippen molar-refractivity contribution < 1.29 is 15.0 Å². The molecule has 15 heavy (non-hydrogen) atoms. The Morgan fingerprint density at radius 1 is 1.53 bits per heavy atom. The van der Waals surface area contributed by atoms with Crippen molar-refractivity contribution >= 4 is 5.91 Å². The normalized spacial score (nSPS) is 12.5. The molecule has 0 spiro atoms. The second-order valence-corrected chi connectivity index (χ2v) is 3.49. The van der Waals surface area contributed by atoms with Crippen molar-refractivity contribution in [1.29, 1.82) is 0 Å². The maximum absolute atomic E-state index is 11.0. The summed E-state index contributed by atoms with van der Waals surface area (Å²) in [5, 5.41) is 18.0. The maximum atomic E-state index is 11.0. The van der Waals surface area contributed by atoms with Gasteiger partial charge in [-0.1, -0.05) is 12.1 Å². The SMILES string of the molecule is Cc1c(CC(O)CO)cccc1C(N)=O. The molecule has 0 saturated heterocycles. The first kappa shape index (κ1) is 11.7. The molecule has 0 saturated carbocycles. The van der Waals surface area contributed by atoms with Crippen molar-refractivity contribution in [3.63, 3.8) is 0 Å². The van der Waals surface area contributed by atoms with E-state index in [1.54, 1.807) is 25.1 Å². The van der Waals surface area contributed by atoms with Gasteiger partial charge >= 0.3 is 0 Å². The third-order valence-corrected chi connectivity index (χ3v) is 2.38. The molecule has 4 nitrogen and oxygen atoms in total. The third kappa shape index (κ3) is 2.78. The molecule has 0 fully saturated rings. The van der Waals surface area contributed by atoms with Crippen LogP contribution in [0.1, 0.15) is 21.5 Å². The monoisotopic (exact) mass is 209 g/mol. The zero-order valence-corrected chi connectivity index (χ0v) is 8.60. The van der Waals surface area contributed by atoms with Gasteiger partial charge < -0.3 is 15.9 Å². The van der Waals surface area contributed by atoms with Gasteiger partial charge in [-0.2, -0.15) is 0 Å². The average molecular weight is 209 g/mol. The van der Waals surface area contributed by atoms with Gasteiger partial charge in [0.2, 0.25) is 5.91 Å². The molecule has 1 aromatic carbocycles. The largest absolute Gasteiger partial charge is 0.394 e. The molecule has 1 aromatic rings. The van der Waals surface area contributed by atoms with E-state index in [0.29, 0.717) is 12.0 Å². The number of aliphatic hydroxyl groups is 2. The number of carbonyl (C=O) groups is 1. The summed E-state index contributed by atoms with van der Waals surface area (Å²) in [6, 6.07) is 5.17. The number of carbonyl (C=O) groups excluding carboxylic acids is 1. The molecule has 4 heteroatoms. The predicted octanol–water partition coefficient (Wildman–Crippen LogP) is -0.0104. The van der Waals surface area contributed by atoms with Crippen molar-refractivity contribution in [2.75, 3.05) is 6.61 Å². The fourth-order valence-electron chi connectivity index (χ4n) is 1.49. The van der Waals surface area contributed by atoms with Gasteiger partial charge in [0, 0.05) is 12.0 Å². The van der Waals surface area contributed by atoms with E-state index in [4.69, 9.17) is 10.8 Å². The first-order valence-electron chi connectivity index (χ1n) is 4.73. The second-order valence-electron chi connectivity index (χ2n) is 3.49. The Bertz CT molecular complexity index is 363. The summed E-state index contributed by atoms with van der Waals surface area (Å²) in [5.41, 5.74) is 7.24. The molecule has 0 aromatic heterocycles. The van der Waals surface area contributed by atoms with Crippen LogP contribution in [0.3, 0.4) is 0 Å². The molecule has 4 N–H and O–H groups in total. The second kappa shape index (κ2) is 4.91. The van der Waals surface area contributed by atoms with Crippen LogP contribution in [0.2, 0.25) is 0 Å². The number of benzene rings is 1. The Morgan fingerprint density at radius 3 is 2.73 bits per heavy atom. The van der Waals surface area contributed by atoms with E-state index in [0.717, 1.165) is 11.1 Å². The summed E-state index contributed by atoms with van der Waals surface area (Å²) in [5.74, 6) is -0.479. The quantitative estimate of drug-likeness (QED) is 0.652. The lowest BCUT2D eigenvalue weighted by molar-refractivity contribution is 0.0951. The van der Waals surface area contributed by atoms with E-state index in [-0.39, 0.29) is 6.61 Å². The fourth-order valence-corrected chi connectivity index (χ4v) is 1.49. The number of aliphatic hydroxyl groups excluding tert-OH is 2. The highest BCUT2D eigenvalue weighted by Gasteiger charge is 2.11. The Hall–Kier alpha value is -1.39. The predicted molar refractivity (Wildman–Crippen MR) is 56.5 cm³/mol. The van der Waals surface area contributed by atoms with Crippen LogP contribution in [0, 0.1) is 6.92 Å². The minimum atomic E-state index is -0.799. The van der Waals surface area contributed by atoms with Crippen LogP contribution in [-0.4, -0.2) is 28.8 Å². The first-order valence-corrected chi connectivity index (χ1v) is 4.73. The van der Waals surface area contributed by atoms with E-state index in [2.05, 4.69) is 0 Å². The Labute approximate surface area is 88.3 Å². The zero-order chi connectivity index (χ0) is 11.4. The fraction of sp³-hybridized carbons (Fsp3) is 0.364. The van der Waals surface area contributed by atoms with Crippen LogP contribution in [0.15, 0.2) is 18.2 Å². The molecule has 0 aliphatic rings. The zero-order valence-electron chi connectivity index (χ0n) is 8.60. The molecular weight excluding hydrogens is 194 g/mol. The average Bonchev–Trinajstić information content (AvgIpc) is 2.20. The molecule has 1 amide bonds. The van der Waals surface area contributed by atoms with Crippen LogP contribution in [0.25, 0.3) is 0 Å². The van der Waals surface area contributed by atoms with E-state index in [1.807, 2.05) is 0 Å². The molecule has 1 atom stereocenters. The summed E-state index contributed by atoms with van der Waals surface area (Å²) in [7, 11) is 0. The Kier molecular flexibility index (Phi) is 3.82. The van der Waals surface area contributed by atoms with Gasteiger partial charge in [-0.3, -0.25) is 4.79 Å². The van der Waals surface area contributed by atoms with Gasteiger partial charge in [-0.05, 0) is 24.1 Å². The number of rotatable bonds is 4. The lowest BCUT2D eigenvalue weighted by Gasteiger charge is -2.11. The highest BCUT2D eigenvalue weighted by Crippen LogP contribution is 2.15. The summed E-state index contributed by atoms with van der Waals surface area (Å²) in [4.78, 5) is 11.0. The highest BCUT2D eigenvalue weighted by molar-refractivity contribution is 5.94. The van der Waals surface area contributed by atoms with Gasteiger partial charge in [0.05, 0.1) is 12.7 Å². The Balaban J connectivity index is 2.99. The molecule has 0 heterocycles. The van der Waals surface area contributed by atoms with E-state index in [9.17, 15) is 9.90 Å². The summed E-state index contributed by atoms with van der Waals surface area (Å²) < 4.78 is 0. The Morgan fingerprint density at radius 2 is 2.20 bits per heavy atom. The number of hydrogen-bond donors (Lipinski definition) is 3. The topological polar surface area (TPSA) is 83.6 Å². The van der Waals surface area contributed by atoms with Gasteiger partial charge in [-0.15, -0.1) is 0 Å². The van der Waals surface area contributed by atoms with Gasteiger partial charge in [0.25, 0.3) is 0 Å². The van der Waals surface area contributed by atoms with Crippen LogP contribution in [-0.2, 0) is 6.42 Å². The number of amides is 1. The highest BCUT2D eigenvalue weighted by atomic mass is 16.3. The van der Waals surface area contributed by atoms with Crippen molar-refractivity contribution in [1.82, 2.24) is 0 Å². The van der Waals surface area contributed by atoms with E-state index in [1.165, 1.54) is 0 Å². The molecule has 1 unspecified atom stereocenters. The molecule has 82 valence electrons. The smallest absolute Gasteiger partial charge is 0.248 e. The van der Waals surface area contributed by atoms with Gasteiger partial charge in [-0.25, -0.2) is 0 Å². The number of primary amides is 1. The molecule has 1 rings (SSSR count). The standard InChI is InChI=1S/C11H15NO3/c1-7-8(5-9(14)6-13)3-2-4-10(7)11(12)15/h2-4,9,13-14H,5-6H2,1H3,(H2,12,15). The van der Waals surface area contributed by atoms with Crippen molar-refractivity contribution in [3.05, 3.63) is 34.9 Å². The van der Waals surface area contributed by atoms with E-state index >= 15 is 0 Å². The molecular formula is C11H15NO3. The van der Waals surface area contributed by atoms with Crippen molar-refractivity contribution in [3.8, 4) is 0 Å². The van der Waals surface area contributed by atoms with Crippen LogP contribution >= 0.6 is 0 Å².